The van der Waals surface area contributed by atoms with Crippen LogP contribution in [0.3, 0.4) is 0 Å². The fourth-order valence-corrected chi connectivity index (χ4v) is 9.39. The number of fused-ring (bicyclic) bond motifs is 2. The molecule has 190 valence electrons. The zero-order valence-corrected chi connectivity index (χ0v) is 22.5. The maximum Gasteiger partial charge on any atom is 0.336 e. The number of aromatic carboxylic acids is 2. The third-order valence-corrected chi connectivity index (χ3v) is 12.2. The van der Waals surface area contributed by atoms with Crippen LogP contribution < -0.4 is 10.1 Å². The van der Waals surface area contributed by atoms with Crippen LogP contribution >= 0.6 is 0 Å². The summed E-state index contributed by atoms with van der Waals surface area (Å²) < 4.78 is 0. The van der Waals surface area contributed by atoms with E-state index in [4.69, 9.17) is 0 Å². The molecule has 2 fully saturated rings. The normalized spacial score (nSPS) is 24.0. The van der Waals surface area contributed by atoms with Crippen LogP contribution in [0.4, 0.5) is 5.69 Å². The summed E-state index contributed by atoms with van der Waals surface area (Å²) in [5, 5.41) is 22.4. The first-order valence-electron chi connectivity index (χ1n) is 13.0. The molecule has 2 saturated heterocycles. The molecule has 0 spiro atoms. The van der Waals surface area contributed by atoms with Crippen molar-refractivity contribution in [3.63, 3.8) is 0 Å². The Labute approximate surface area is 218 Å². The summed E-state index contributed by atoms with van der Waals surface area (Å²) in [5.74, 6) is -2.13. The van der Waals surface area contributed by atoms with Gasteiger partial charge in [0.15, 0.2) is 0 Å². The van der Waals surface area contributed by atoms with Gasteiger partial charge in [-0.25, -0.2) is 9.59 Å². The predicted molar refractivity (Wildman–Crippen MR) is 149 cm³/mol. The van der Waals surface area contributed by atoms with Crippen molar-refractivity contribution in [2.45, 2.75) is 38.4 Å². The molecular weight excluding hydrogens is 480 g/mol. The minimum absolute atomic E-state index is 0.0877. The fraction of sp³-hybridized carbons (Fsp3) is 0.333. The van der Waals surface area contributed by atoms with Gasteiger partial charge in [-0.15, -0.1) is 0 Å². The van der Waals surface area contributed by atoms with Crippen molar-refractivity contribution >= 4 is 36.5 Å². The smallest absolute Gasteiger partial charge is 0.336 e. The van der Waals surface area contributed by atoms with Gasteiger partial charge in [-0.05, 0) is 82.8 Å². The van der Waals surface area contributed by atoms with Gasteiger partial charge < -0.3 is 15.1 Å². The number of rotatable bonds is 5. The number of likely N-dealkylation sites (tertiary alicyclic amines) is 1. The van der Waals surface area contributed by atoms with Crippen molar-refractivity contribution in [2.24, 2.45) is 0 Å². The van der Waals surface area contributed by atoms with E-state index in [0.29, 0.717) is 5.56 Å². The summed E-state index contributed by atoms with van der Waals surface area (Å²) in [7, 11) is -2.18. The quantitative estimate of drug-likeness (QED) is 0.574. The molecule has 0 radical (unpaired) electrons. The Bertz CT molecular complexity index is 1450. The topological polar surface area (TPSA) is 81.1 Å². The van der Waals surface area contributed by atoms with Gasteiger partial charge in [0.2, 0.25) is 0 Å². The van der Waals surface area contributed by atoms with E-state index in [0.717, 1.165) is 42.9 Å². The predicted octanol–water partition coefficient (Wildman–Crippen LogP) is 4.52. The van der Waals surface area contributed by atoms with Gasteiger partial charge in [-0.2, -0.15) is 0 Å². The number of anilines is 1. The van der Waals surface area contributed by atoms with E-state index in [1.165, 1.54) is 47.1 Å². The highest BCUT2D eigenvalue weighted by atomic mass is 28.3. The SMILES string of the molecule is CC1(N2CCC2)C=CC2=C(c3cc(C(=O)O)ccc3C(=O)O)c3ccc(N4CCC4)cc3[Si](C)(C)C2=C1. The zero-order chi connectivity index (χ0) is 26.1. The second-order valence-corrected chi connectivity index (χ2v) is 15.6. The van der Waals surface area contributed by atoms with Gasteiger partial charge in [-0.3, -0.25) is 4.90 Å². The molecule has 1 unspecified atom stereocenters. The molecule has 3 heterocycles. The lowest BCUT2D eigenvalue weighted by Gasteiger charge is -2.48. The average Bonchev–Trinajstić information content (AvgIpc) is 2.77. The van der Waals surface area contributed by atoms with Gasteiger partial charge in [0.1, 0.15) is 8.07 Å². The third-order valence-electron chi connectivity index (χ3n) is 8.73. The number of nitrogens with zero attached hydrogens (tertiary/aromatic N) is 2. The average molecular weight is 513 g/mol. The molecule has 1 atom stereocenters. The van der Waals surface area contributed by atoms with E-state index >= 15 is 0 Å². The maximum absolute atomic E-state index is 12.4. The lowest BCUT2D eigenvalue weighted by atomic mass is 9.83. The van der Waals surface area contributed by atoms with Gasteiger partial charge in [0.25, 0.3) is 0 Å². The highest BCUT2D eigenvalue weighted by Crippen LogP contribution is 2.45. The highest BCUT2D eigenvalue weighted by Gasteiger charge is 2.44. The Morgan fingerprint density at radius 1 is 0.919 bits per heavy atom. The number of carboxylic acid groups (broad SMARTS) is 2. The lowest BCUT2D eigenvalue weighted by Crippen LogP contribution is -2.55. The Kier molecular flexibility index (Phi) is 5.37. The van der Waals surface area contributed by atoms with Crippen LogP contribution in [-0.2, 0) is 0 Å². The molecule has 0 bridgehead atoms. The van der Waals surface area contributed by atoms with Crippen LogP contribution in [0.2, 0.25) is 13.1 Å². The van der Waals surface area contributed by atoms with Crippen molar-refractivity contribution in [1.82, 2.24) is 4.90 Å². The second kappa shape index (κ2) is 8.30. The summed E-state index contributed by atoms with van der Waals surface area (Å²) in [4.78, 5) is 29.1. The van der Waals surface area contributed by atoms with Crippen LogP contribution in [-0.4, -0.2) is 66.8 Å². The molecule has 2 N–H and O–H groups in total. The van der Waals surface area contributed by atoms with Crippen LogP contribution in [0.5, 0.6) is 0 Å². The van der Waals surface area contributed by atoms with Crippen LogP contribution in [0, 0.1) is 0 Å². The van der Waals surface area contributed by atoms with E-state index in [2.05, 4.69) is 66.2 Å². The van der Waals surface area contributed by atoms with E-state index < -0.39 is 20.0 Å². The molecule has 2 aromatic carbocycles. The summed E-state index contributed by atoms with van der Waals surface area (Å²) in [6, 6.07) is 10.9. The molecule has 6 rings (SSSR count). The van der Waals surface area contributed by atoms with Crippen LogP contribution in [0.15, 0.2) is 65.4 Å². The van der Waals surface area contributed by atoms with E-state index in [-0.39, 0.29) is 16.7 Å². The molecule has 0 aromatic heterocycles. The van der Waals surface area contributed by atoms with Gasteiger partial charge in [-0.1, -0.05) is 37.4 Å². The summed E-state index contributed by atoms with van der Waals surface area (Å²) in [6.07, 6.45) is 9.21. The van der Waals surface area contributed by atoms with Gasteiger partial charge in [0.05, 0.1) is 16.7 Å². The highest BCUT2D eigenvalue weighted by molar-refractivity contribution is 6.97. The van der Waals surface area contributed by atoms with Crippen molar-refractivity contribution in [3.05, 3.63) is 87.6 Å². The van der Waals surface area contributed by atoms with Crippen molar-refractivity contribution in [3.8, 4) is 0 Å². The van der Waals surface area contributed by atoms with E-state index in [1.54, 1.807) is 0 Å². The minimum atomic E-state index is -2.18. The molecular formula is C30H32N2O4Si. The largest absolute Gasteiger partial charge is 0.478 e. The molecule has 4 aliphatic rings. The maximum atomic E-state index is 12.4. The van der Waals surface area contributed by atoms with Crippen molar-refractivity contribution < 1.29 is 19.8 Å². The number of carbonyl (C=O) groups is 2. The zero-order valence-electron chi connectivity index (χ0n) is 21.5. The van der Waals surface area contributed by atoms with Crippen molar-refractivity contribution in [1.29, 1.82) is 0 Å². The Morgan fingerprint density at radius 2 is 1.65 bits per heavy atom. The monoisotopic (exact) mass is 512 g/mol. The Hall–Kier alpha value is -3.42. The summed E-state index contributed by atoms with van der Waals surface area (Å²) >= 11 is 0. The molecule has 7 heteroatoms. The van der Waals surface area contributed by atoms with Gasteiger partial charge >= 0.3 is 11.9 Å². The lowest BCUT2D eigenvalue weighted by molar-refractivity contribution is 0.0681. The third kappa shape index (κ3) is 3.63. The molecule has 6 nitrogen and oxygen atoms in total. The first-order valence-corrected chi connectivity index (χ1v) is 16.0. The number of hydrogen-bond donors (Lipinski definition) is 2. The summed E-state index contributed by atoms with van der Waals surface area (Å²) in [6.45, 7) is 11.3. The molecule has 0 amide bonds. The number of hydrogen-bond acceptors (Lipinski definition) is 4. The molecule has 3 aliphatic heterocycles. The van der Waals surface area contributed by atoms with Crippen LogP contribution in [0.1, 0.15) is 51.6 Å². The molecule has 1 aliphatic carbocycles. The second-order valence-electron chi connectivity index (χ2n) is 11.3. The molecule has 37 heavy (non-hydrogen) atoms. The standard InChI is InChI=1S/C30H32N2O4Si/c1-30(32-14-5-15-32)11-10-23-26(18-30)37(2,3)25-17-20(31-12-4-13-31)7-9-22(25)27(23)24-16-19(28(33)34)6-8-21(24)29(35)36/h6-11,16-18H,4-5,12-15H2,1-3H3,(H,33,34)(H,35,36). The summed E-state index contributed by atoms with van der Waals surface area (Å²) in [5.41, 5.74) is 4.58. The Balaban J connectivity index is 1.65. The first kappa shape index (κ1) is 23.9. The Morgan fingerprint density at radius 3 is 2.24 bits per heavy atom. The fourth-order valence-electron chi connectivity index (χ4n) is 6.18. The number of carboxylic acids is 2. The first-order chi connectivity index (χ1) is 17.6. The number of benzene rings is 2. The van der Waals surface area contributed by atoms with Gasteiger partial charge in [0, 0.05) is 31.9 Å². The van der Waals surface area contributed by atoms with E-state index in [9.17, 15) is 19.8 Å². The van der Waals surface area contributed by atoms with E-state index in [1.807, 2.05) is 0 Å². The number of allylic oxidation sites excluding steroid dienone is 3. The van der Waals surface area contributed by atoms with Crippen molar-refractivity contribution in [2.75, 3.05) is 31.1 Å². The van der Waals surface area contributed by atoms with Crippen LogP contribution in [0.25, 0.3) is 5.57 Å². The minimum Gasteiger partial charge on any atom is -0.478 e. The molecule has 2 aromatic rings. The molecule has 0 saturated carbocycles.